The predicted octanol–water partition coefficient (Wildman–Crippen LogP) is 1.84. The van der Waals surface area contributed by atoms with Gasteiger partial charge in [0.1, 0.15) is 5.75 Å². The number of halogens is 3. The van der Waals surface area contributed by atoms with E-state index in [4.69, 9.17) is 0 Å². The number of nitrogens with one attached hydrogen (secondary N) is 1. The highest BCUT2D eigenvalue weighted by Gasteiger charge is 2.28. The van der Waals surface area contributed by atoms with E-state index in [1.165, 1.54) is 0 Å². The molecular weight excluding hydrogens is 195 g/mol. The molecule has 0 saturated carbocycles. The third-order valence-corrected chi connectivity index (χ3v) is 2.35. The molecule has 0 unspecified atom stereocenters. The molecule has 2 rings (SSSR count). The Morgan fingerprint density at radius 3 is 2.43 bits per heavy atom. The van der Waals surface area contributed by atoms with Crippen LogP contribution in [0.1, 0.15) is 18.0 Å². The molecule has 0 amide bonds. The highest BCUT2D eigenvalue weighted by molar-refractivity contribution is 5.38. The molecule has 14 heavy (non-hydrogen) atoms. The standard InChI is InChI=1S/C9H8F3NO/c10-4-3-6(14)7(5-1-2-13-5)9(12)8(4)11/h3,5,13-14H,1-2H2/t5-/m0/s1. The lowest BCUT2D eigenvalue weighted by molar-refractivity contribution is 0.335. The van der Waals surface area contributed by atoms with Crippen LogP contribution in [-0.2, 0) is 0 Å². The first kappa shape index (κ1) is 9.33. The smallest absolute Gasteiger partial charge is 0.195 e. The van der Waals surface area contributed by atoms with Crippen LogP contribution in [0.25, 0.3) is 0 Å². The van der Waals surface area contributed by atoms with Crippen LogP contribution in [0.4, 0.5) is 13.2 Å². The van der Waals surface area contributed by atoms with Crippen LogP contribution in [0.15, 0.2) is 6.07 Å². The minimum absolute atomic E-state index is 0.185. The summed E-state index contributed by atoms with van der Waals surface area (Å²) in [5, 5.41) is 12.0. The van der Waals surface area contributed by atoms with Crippen molar-refractivity contribution in [1.29, 1.82) is 0 Å². The Morgan fingerprint density at radius 1 is 1.29 bits per heavy atom. The molecule has 2 N–H and O–H groups in total. The lowest BCUT2D eigenvalue weighted by Crippen LogP contribution is -2.35. The molecule has 2 nitrogen and oxygen atoms in total. The average Bonchev–Trinajstić information content (AvgIpc) is 2.05. The third kappa shape index (κ3) is 1.24. The van der Waals surface area contributed by atoms with Gasteiger partial charge in [0.15, 0.2) is 17.5 Å². The second kappa shape index (κ2) is 3.16. The fourth-order valence-electron chi connectivity index (χ4n) is 1.46. The number of hydrogen-bond acceptors (Lipinski definition) is 2. The number of hydrogen-bond donors (Lipinski definition) is 2. The maximum atomic E-state index is 13.2. The molecule has 1 aliphatic heterocycles. The van der Waals surface area contributed by atoms with Crippen LogP contribution >= 0.6 is 0 Å². The van der Waals surface area contributed by atoms with Gasteiger partial charge in [0.2, 0.25) is 0 Å². The van der Waals surface area contributed by atoms with Crippen LogP contribution in [0.3, 0.4) is 0 Å². The van der Waals surface area contributed by atoms with Crippen molar-refractivity contribution in [1.82, 2.24) is 5.32 Å². The zero-order chi connectivity index (χ0) is 10.3. The second-order valence-electron chi connectivity index (χ2n) is 3.21. The van der Waals surface area contributed by atoms with Crippen LogP contribution in [0, 0.1) is 17.5 Å². The van der Waals surface area contributed by atoms with E-state index in [1.807, 2.05) is 0 Å². The first-order valence-corrected chi connectivity index (χ1v) is 4.21. The molecule has 1 heterocycles. The number of aromatic hydroxyl groups is 1. The van der Waals surface area contributed by atoms with Gasteiger partial charge in [0.05, 0.1) is 0 Å². The monoisotopic (exact) mass is 203 g/mol. The van der Waals surface area contributed by atoms with Gasteiger partial charge >= 0.3 is 0 Å². The number of rotatable bonds is 1. The molecule has 0 radical (unpaired) electrons. The molecular formula is C9H8F3NO. The summed E-state index contributed by atoms with van der Waals surface area (Å²) in [6.45, 7) is 0.683. The maximum absolute atomic E-state index is 13.2. The number of phenolic OH excluding ortho intramolecular Hbond substituents is 1. The summed E-state index contributed by atoms with van der Waals surface area (Å²) in [5.74, 6) is -4.76. The molecule has 1 atom stereocenters. The fourth-order valence-corrected chi connectivity index (χ4v) is 1.46. The molecule has 0 spiro atoms. The highest BCUT2D eigenvalue weighted by atomic mass is 19.2. The van der Waals surface area contributed by atoms with Crippen molar-refractivity contribution in [3.05, 3.63) is 29.1 Å². The van der Waals surface area contributed by atoms with Crippen molar-refractivity contribution in [2.24, 2.45) is 0 Å². The summed E-state index contributed by atoms with van der Waals surface area (Å²) in [6, 6.07) is 0.179. The van der Waals surface area contributed by atoms with E-state index in [1.54, 1.807) is 0 Å². The van der Waals surface area contributed by atoms with Gasteiger partial charge < -0.3 is 10.4 Å². The molecule has 1 aliphatic rings. The molecule has 1 aromatic carbocycles. The summed E-state index contributed by atoms with van der Waals surface area (Å²) in [5.41, 5.74) is -0.185. The van der Waals surface area contributed by atoms with E-state index >= 15 is 0 Å². The molecule has 0 bridgehead atoms. The lowest BCUT2D eigenvalue weighted by atomic mass is 9.96. The maximum Gasteiger partial charge on any atom is 0.195 e. The first-order chi connectivity index (χ1) is 6.61. The summed E-state index contributed by atoms with van der Waals surface area (Å²) in [4.78, 5) is 0. The summed E-state index contributed by atoms with van der Waals surface area (Å²) < 4.78 is 38.6. The van der Waals surface area contributed by atoms with Gasteiger partial charge in [-0.15, -0.1) is 0 Å². The molecule has 1 aromatic rings. The highest BCUT2D eigenvalue weighted by Crippen LogP contribution is 2.34. The Bertz CT molecular complexity index is 377. The van der Waals surface area contributed by atoms with Crippen LogP contribution in [-0.4, -0.2) is 11.7 Å². The largest absolute Gasteiger partial charge is 0.507 e. The lowest BCUT2D eigenvalue weighted by Gasteiger charge is -2.28. The molecule has 1 saturated heterocycles. The molecule has 1 fully saturated rings. The van der Waals surface area contributed by atoms with E-state index in [0.29, 0.717) is 19.0 Å². The predicted molar refractivity (Wildman–Crippen MR) is 43.3 cm³/mol. The van der Waals surface area contributed by atoms with Crippen LogP contribution < -0.4 is 5.32 Å². The molecule has 5 heteroatoms. The summed E-state index contributed by atoms with van der Waals surface area (Å²) in [6.07, 6.45) is 0.607. The molecule has 0 aromatic heterocycles. The molecule has 0 aliphatic carbocycles. The van der Waals surface area contributed by atoms with Crippen molar-refractivity contribution in [3.63, 3.8) is 0 Å². The third-order valence-electron chi connectivity index (χ3n) is 2.35. The van der Waals surface area contributed by atoms with Crippen molar-refractivity contribution in [3.8, 4) is 5.75 Å². The van der Waals surface area contributed by atoms with E-state index in [2.05, 4.69) is 5.32 Å². The van der Waals surface area contributed by atoms with Crippen molar-refractivity contribution in [2.75, 3.05) is 6.54 Å². The number of benzene rings is 1. The Labute approximate surface area is 78.4 Å². The van der Waals surface area contributed by atoms with Crippen molar-refractivity contribution in [2.45, 2.75) is 12.5 Å². The average molecular weight is 203 g/mol. The van der Waals surface area contributed by atoms with Gasteiger partial charge in [0, 0.05) is 17.7 Å². The Morgan fingerprint density at radius 2 is 1.93 bits per heavy atom. The zero-order valence-electron chi connectivity index (χ0n) is 7.15. The van der Waals surface area contributed by atoms with E-state index < -0.39 is 29.2 Å². The number of phenols is 1. The van der Waals surface area contributed by atoms with Gasteiger partial charge in [-0.05, 0) is 13.0 Å². The first-order valence-electron chi connectivity index (χ1n) is 4.21. The van der Waals surface area contributed by atoms with Gasteiger partial charge in [-0.25, -0.2) is 13.2 Å². The van der Waals surface area contributed by atoms with E-state index in [0.717, 1.165) is 0 Å². The topological polar surface area (TPSA) is 32.3 Å². The normalized spacial score (nSPS) is 20.6. The fraction of sp³-hybridized carbons (Fsp3) is 0.333. The minimum atomic E-state index is -1.54. The minimum Gasteiger partial charge on any atom is -0.507 e. The van der Waals surface area contributed by atoms with E-state index in [9.17, 15) is 18.3 Å². The van der Waals surface area contributed by atoms with Gasteiger partial charge in [0.25, 0.3) is 0 Å². The molecule has 76 valence electrons. The van der Waals surface area contributed by atoms with Gasteiger partial charge in [-0.3, -0.25) is 0 Å². The summed E-state index contributed by atoms with van der Waals surface area (Å²) >= 11 is 0. The Hall–Kier alpha value is -1.23. The Balaban J connectivity index is 2.52. The van der Waals surface area contributed by atoms with Gasteiger partial charge in [-0.1, -0.05) is 0 Å². The van der Waals surface area contributed by atoms with Crippen molar-refractivity contribution < 1.29 is 18.3 Å². The Kier molecular flexibility index (Phi) is 2.11. The second-order valence-corrected chi connectivity index (χ2v) is 3.21. The summed E-state index contributed by atoms with van der Waals surface area (Å²) in [7, 11) is 0. The SMILES string of the molecule is Oc1cc(F)c(F)c(F)c1[C@@H]1CCN1. The van der Waals surface area contributed by atoms with Crippen LogP contribution in [0.2, 0.25) is 0 Å². The van der Waals surface area contributed by atoms with Crippen molar-refractivity contribution >= 4 is 0 Å². The van der Waals surface area contributed by atoms with Crippen LogP contribution in [0.5, 0.6) is 5.75 Å². The quantitative estimate of drug-likeness (QED) is 0.682. The zero-order valence-corrected chi connectivity index (χ0v) is 7.15. The van der Waals surface area contributed by atoms with E-state index in [-0.39, 0.29) is 5.56 Å². The van der Waals surface area contributed by atoms with Gasteiger partial charge in [-0.2, -0.15) is 0 Å².